The number of hydrogen-bond donors (Lipinski definition) is 2. The van der Waals surface area contributed by atoms with Gasteiger partial charge in [0, 0.05) is 19.4 Å². The van der Waals surface area contributed by atoms with E-state index in [1.54, 1.807) is 0 Å². The Morgan fingerprint density at radius 1 is 1.33 bits per heavy atom. The van der Waals surface area contributed by atoms with E-state index in [2.05, 4.69) is 0 Å². The molecule has 5 nitrogen and oxygen atoms in total. The van der Waals surface area contributed by atoms with E-state index in [0.29, 0.717) is 12.3 Å². The molecule has 0 bridgehead atoms. The molecule has 2 rings (SSSR count). The molecule has 1 amide bonds. The van der Waals surface area contributed by atoms with Crippen LogP contribution < -0.4 is 0 Å². The van der Waals surface area contributed by atoms with Crippen molar-refractivity contribution in [1.29, 1.82) is 0 Å². The number of likely N-dealkylation sites (tertiary alicyclic amines) is 1. The lowest BCUT2D eigenvalue weighted by Crippen LogP contribution is -2.40. The zero-order valence-corrected chi connectivity index (χ0v) is 8.43. The van der Waals surface area contributed by atoms with Crippen LogP contribution in [0.5, 0.6) is 0 Å². The van der Waals surface area contributed by atoms with E-state index in [4.69, 9.17) is 5.11 Å². The number of amides is 1. The number of β-amino-alcohol motifs (C(OH)–C–C–N with tert-alkyl or cyclic N) is 1. The summed E-state index contributed by atoms with van der Waals surface area (Å²) in [5.41, 5.74) is 0. The first kappa shape index (κ1) is 10.4. The van der Waals surface area contributed by atoms with Crippen molar-refractivity contribution in [2.75, 3.05) is 6.54 Å². The van der Waals surface area contributed by atoms with E-state index in [9.17, 15) is 14.7 Å². The summed E-state index contributed by atoms with van der Waals surface area (Å²) in [6.45, 7) is 0.169. The summed E-state index contributed by atoms with van der Waals surface area (Å²) in [4.78, 5) is 23.9. The molecule has 0 aromatic rings. The molecular formula is C10H15NO4. The molecular weight excluding hydrogens is 198 g/mol. The summed E-state index contributed by atoms with van der Waals surface area (Å²) in [6, 6.07) is -0.828. The molecule has 0 spiro atoms. The van der Waals surface area contributed by atoms with Gasteiger partial charge >= 0.3 is 5.97 Å². The Morgan fingerprint density at radius 2 is 2.00 bits per heavy atom. The lowest BCUT2D eigenvalue weighted by atomic mass is 10.2. The number of aliphatic hydroxyl groups is 1. The van der Waals surface area contributed by atoms with Gasteiger partial charge in [-0.2, -0.15) is 0 Å². The van der Waals surface area contributed by atoms with Crippen LogP contribution in [0.4, 0.5) is 0 Å². The molecule has 2 fully saturated rings. The highest BCUT2D eigenvalue weighted by Gasteiger charge is 2.40. The fraction of sp³-hybridized carbons (Fsp3) is 0.800. The Kier molecular flexibility index (Phi) is 2.65. The van der Waals surface area contributed by atoms with Crippen LogP contribution in [-0.4, -0.2) is 45.7 Å². The second-order valence-corrected chi connectivity index (χ2v) is 4.44. The normalized spacial score (nSPS) is 30.6. The number of carboxylic acids is 1. The van der Waals surface area contributed by atoms with Gasteiger partial charge in [-0.05, 0) is 18.8 Å². The molecule has 2 atom stereocenters. The van der Waals surface area contributed by atoms with Gasteiger partial charge < -0.3 is 15.1 Å². The first-order valence-electron chi connectivity index (χ1n) is 5.28. The van der Waals surface area contributed by atoms with Gasteiger partial charge in [0.25, 0.3) is 0 Å². The first-order chi connectivity index (χ1) is 7.08. The highest BCUT2D eigenvalue weighted by Crippen LogP contribution is 2.34. The Hall–Kier alpha value is -1.10. The monoisotopic (exact) mass is 213 g/mol. The summed E-state index contributed by atoms with van der Waals surface area (Å²) in [5.74, 6) is -0.693. The number of aliphatic carboxylic acids is 1. The molecule has 1 aliphatic heterocycles. The van der Waals surface area contributed by atoms with Gasteiger partial charge in [0.2, 0.25) is 5.91 Å². The molecule has 84 valence electrons. The molecule has 2 N–H and O–H groups in total. The predicted octanol–water partition coefficient (Wildman–Crippen LogP) is -0.167. The highest BCUT2D eigenvalue weighted by atomic mass is 16.4. The van der Waals surface area contributed by atoms with Gasteiger partial charge in [-0.1, -0.05) is 0 Å². The average molecular weight is 213 g/mol. The van der Waals surface area contributed by atoms with Crippen molar-refractivity contribution in [3.63, 3.8) is 0 Å². The number of nitrogens with zero attached hydrogens (tertiary/aromatic N) is 1. The fourth-order valence-corrected chi connectivity index (χ4v) is 2.01. The van der Waals surface area contributed by atoms with Crippen molar-refractivity contribution in [3.8, 4) is 0 Å². The van der Waals surface area contributed by atoms with Crippen LogP contribution in [0.2, 0.25) is 0 Å². The highest BCUT2D eigenvalue weighted by molar-refractivity contribution is 5.84. The van der Waals surface area contributed by atoms with Crippen LogP contribution in [0.1, 0.15) is 25.7 Å². The molecule has 0 aromatic heterocycles. The zero-order valence-electron chi connectivity index (χ0n) is 8.43. The van der Waals surface area contributed by atoms with Gasteiger partial charge in [0.05, 0.1) is 6.10 Å². The van der Waals surface area contributed by atoms with Gasteiger partial charge in [-0.25, -0.2) is 4.79 Å². The molecule has 1 aliphatic carbocycles. The summed E-state index contributed by atoms with van der Waals surface area (Å²) < 4.78 is 0. The summed E-state index contributed by atoms with van der Waals surface area (Å²) >= 11 is 0. The first-order valence-corrected chi connectivity index (χ1v) is 5.28. The van der Waals surface area contributed by atoms with E-state index in [1.807, 2.05) is 0 Å². The van der Waals surface area contributed by atoms with Crippen LogP contribution in [0.3, 0.4) is 0 Å². The van der Waals surface area contributed by atoms with E-state index >= 15 is 0 Å². The van der Waals surface area contributed by atoms with Gasteiger partial charge in [0.1, 0.15) is 6.04 Å². The fourth-order valence-electron chi connectivity index (χ4n) is 2.01. The van der Waals surface area contributed by atoms with E-state index in [-0.39, 0.29) is 18.9 Å². The Bertz CT molecular complexity index is 287. The number of carbonyl (C=O) groups is 2. The largest absolute Gasteiger partial charge is 0.480 e. The van der Waals surface area contributed by atoms with E-state index < -0.39 is 18.1 Å². The second kappa shape index (κ2) is 3.81. The Balaban J connectivity index is 1.98. The molecule has 0 radical (unpaired) electrons. The molecule has 1 unspecified atom stereocenters. The predicted molar refractivity (Wildman–Crippen MR) is 51.1 cm³/mol. The molecule has 15 heavy (non-hydrogen) atoms. The summed E-state index contributed by atoms with van der Waals surface area (Å²) in [6.07, 6.45) is 2.05. The minimum atomic E-state index is -1.02. The van der Waals surface area contributed by atoms with Crippen LogP contribution in [0, 0.1) is 5.92 Å². The van der Waals surface area contributed by atoms with Crippen LogP contribution in [0.25, 0.3) is 0 Å². The van der Waals surface area contributed by atoms with Crippen LogP contribution in [-0.2, 0) is 9.59 Å². The van der Waals surface area contributed by atoms with Crippen molar-refractivity contribution >= 4 is 11.9 Å². The SMILES string of the molecule is O=C(O)[C@@H]1CC(O)CN1C(=O)CC1CC1. The summed E-state index contributed by atoms with van der Waals surface area (Å²) in [7, 11) is 0. The van der Waals surface area contributed by atoms with Crippen molar-refractivity contribution < 1.29 is 19.8 Å². The molecule has 1 saturated heterocycles. The van der Waals surface area contributed by atoms with Crippen molar-refractivity contribution in [3.05, 3.63) is 0 Å². The lowest BCUT2D eigenvalue weighted by Gasteiger charge is -2.20. The number of rotatable bonds is 3. The van der Waals surface area contributed by atoms with Crippen LogP contribution >= 0.6 is 0 Å². The second-order valence-electron chi connectivity index (χ2n) is 4.44. The third-order valence-corrected chi connectivity index (χ3v) is 3.04. The van der Waals surface area contributed by atoms with E-state index in [1.165, 1.54) is 4.90 Å². The molecule has 2 aliphatic rings. The zero-order chi connectivity index (χ0) is 11.0. The maximum atomic E-state index is 11.7. The third-order valence-electron chi connectivity index (χ3n) is 3.04. The lowest BCUT2D eigenvalue weighted by molar-refractivity contribution is -0.148. The quantitative estimate of drug-likeness (QED) is 0.682. The maximum absolute atomic E-state index is 11.7. The molecule has 1 saturated carbocycles. The Morgan fingerprint density at radius 3 is 2.53 bits per heavy atom. The minimum Gasteiger partial charge on any atom is -0.480 e. The number of carbonyl (C=O) groups excluding carboxylic acids is 1. The average Bonchev–Trinajstić information content (AvgIpc) is 2.86. The maximum Gasteiger partial charge on any atom is 0.326 e. The van der Waals surface area contributed by atoms with Gasteiger partial charge in [0.15, 0.2) is 0 Å². The third kappa shape index (κ3) is 2.28. The summed E-state index contributed by atoms with van der Waals surface area (Å²) in [5, 5.41) is 18.3. The topological polar surface area (TPSA) is 77.8 Å². The smallest absolute Gasteiger partial charge is 0.326 e. The van der Waals surface area contributed by atoms with Gasteiger partial charge in [-0.15, -0.1) is 0 Å². The van der Waals surface area contributed by atoms with Gasteiger partial charge in [-0.3, -0.25) is 4.79 Å². The molecule has 5 heteroatoms. The molecule has 1 heterocycles. The number of aliphatic hydroxyl groups excluding tert-OH is 1. The Labute approximate surface area is 87.7 Å². The molecule has 0 aromatic carbocycles. The van der Waals surface area contributed by atoms with Crippen LogP contribution in [0.15, 0.2) is 0 Å². The van der Waals surface area contributed by atoms with Crippen molar-refractivity contribution in [1.82, 2.24) is 4.90 Å². The van der Waals surface area contributed by atoms with Crippen molar-refractivity contribution in [2.24, 2.45) is 5.92 Å². The number of hydrogen-bond acceptors (Lipinski definition) is 3. The van der Waals surface area contributed by atoms with Crippen molar-refractivity contribution in [2.45, 2.75) is 37.8 Å². The standard InChI is InChI=1S/C10H15NO4/c12-7-4-8(10(14)15)11(5-7)9(13)3-6-1-2-6/h6-8,12H,1-5H2,(H,14,15)/t7?,8-/m0/s1. The minimum absolute atomic E-state index is 0.124. The van der Waals surface area contributed by atoms with E-state index in [0.717, 1.165) is 12.8 Å². The number of carboxylic acid groups (broad SMARTS) is 1.